The van der Waals surface area contributed by atoms with E-state index in [1.165, 1.54) is 17.0 Å². The van der Waals surface area contributed by atoms with Crippen LogP contribution in [0, 0.1) is 13.8 Å². The fourth-order valence-corrected chi connectivity index (χ4v) is 5.53. The maximum absolute atomic E-state index is 16.2. The lowest BCUT2D eigenvalue weighted by Crippen LogP contribution is -2.54. The molecule has 0 bridgehead atoms. The number of carbonyl (C=O) groups excluding carboxylic acids is 3. The van der Waals surface area contributed by atoms with Crippen molar-refractivity contribution in [1.82, 2.24) is 19.5 Å². The molecule has 1 aromatic heterocycles. The van der Waals surface area contributed by atoms with Crippen molar-refractivity contribution in [2.24, 2.45) is 0 Å². The number of hydrogen-bond acceptors (Lipinski definition) is 5. The molecule has 3 aliphatic heterocycles. The van der Waals surface area contributed by atoms with Crippen LogP contribution < -0.4 is 10.1 Å². The largest absolute Gasteiger partial charge is 0.529 e. The molecule has 198 valence electrons. The van der Waals surface area contributed by atoms with Gasteiger partial charge >= 0.3 is 6.97 Å². The Balaban J connectivity index is 1.30. The summed E-state index contributed by atoms with van der Waals surface area (Å²) >= 11 is 0. The fraction of sp³-hybridized carbons (Fsp3) is 0.296. The van der Waals surface area contributed by atoms with Gasteiger partial charge in [0.2, 0.25) is 5.91 Å². The van der Waals surface area contributed by atoms with Crippen LogP contribution in [0.25, 0.3) is 6.08 Å². The molecule has 5 rings (SSSR count). The van der Waals surface area contributed by atoms with Gasteiger partial charge in [-0.3, -0.25) is 19.3 Å². The summed E-state index contributed by atoms with van der Waals surface area (Å²) < 4.78 is 38.6. The maximum Gasteiger partial charge on any atom is 0.529 e. The van der Waals surface area contributed by atoms with E-state index < -0.39 is 24.8 Å². The highest BCUT2D eigenvalue weighted by Crippen LogP contribution is 2.45. The van der Waals surface area contributed by atoms with Crippen LogP contribution in [0.5, 0.6) is 5.75 Å². The van der Waals surface area contributed by atoms with E-state index in [1.807, 2.05) is 6.92 Å². The summed E-state index contributed by atoms with van der Waals surface area (Å²) in [5, 5.41) is 2.70. The van der Waals surface area contributed by atoms with Gasteiger partial charge in [-0.15, -0.1) is 0 Å². The summed E-state index contributed by atoms with van der Waals surface area (Å²) in [4.78, 5) is 37.9. The highest BCUT2D eigenvalue weighted by molar-refractivity contribution is 6.63. The molecule has 0 saturated carbocycles. The number of amides is 3. The predicted molar refractivity (Wildman–Crippen MR) is 139 cm³/mol. The molecule has 1 atom stereocenters. The number of rotatable bonds is 8. The van der Waals surface area contributed by atoms with E-state index in [4.69, 9.17) is 4.74 Å². The Hall–Kier alpha value is -4.15. The number of nitrogens with zero attached hydrogens (tertiary/aromatic N) is 3. The van der Waals surface area contributed by atoms with Crippen molar-refractivity contribution in [3.63, 3.8) is 0 Å². The molecule has 3 aliphatic rings. The zero-order valence-electron chi connectivity index (χ0n) is 21.4. The van der Waals surface area contributed by atoms with Gasteiger partial charge in [-0.05, 0) is 66.9 Å². The standard InChI is InChI=1S/C27H28BF2N4O4/c1-17-22(9-11-25(35)31-14-15-32-26(36)12-13-27(32)37)18(2)33-24(17)16-20-6-10-23(34(20)28(33,29)30)19-4-7-21(38-3)8-5-19/h4-8,10,12-13,16,23H,9,11,14-15H2,1-3H3,(H,31,35)/q-1. The summed E-state index contributed by atoms with van der Waals surface area (Å²) in [5.74, 6) is -0.433. The van der Waals surface area contributed by atoms with Crippen LogP contribution in [-0.4, -0.2) is 59.1 Å². The van der Waals surface area contributed by atoms with E-state index in [2.05, 4.69) is 5.32 Å². The Morgan fingerprint density at radius 1 is 1.08 bits per heavy atom. The Labute approximate surface area is 219 Å². The van der Waals surface area contributed by atoms with Gasteiger partial charge in [0.1, 0.15) is 5.75 Å². The van der Waals surface area contributed by atoms with E-state index in [0.29, 0.717) is 34.8 Å². The normalized spacial score (nSPS) is 19.1. The number of methoxy groups -OCH3 is 1. The third-order valence-electron chi connectivity index (χ3n) is 7.49. The lowest BCUT2D eigenvalue weighted by Gasteiger charge is -2.48. The molecule has 0 spiro atoms. The monoisotopic (exact) mass is 521 g/mol. The topological polar surface area (TPSA) is 83.9 Å². The van der Waals surface area contributed by atoms with Crippen molar-refractivity contribution < 1.29 is 27.8 Å². The summed E-state index contributed by atoms with van der Waals surface area (Å²) in [6, 6.07) is 6.50. The Morgan fingerprint density at radius 3 is 2.42 bits per heavy atom. The lowest BCUT2D eigenvalue weighted by atomic mass is 9.86. The average molecular weight is 521 g/mol. The Morgan fingerprint density at radius 2 is 1.76 bits per heavy atom. The number of imide groups is 1. The number of fused-ring (bicyclic) bond motifs is 2. The van der Waals surface area contributed by atoms with Crippen LogP contribution in [0.2, 0.25) is 0 Å². The van der Waals surface area contributed by atoms with Gasteiger partial charge in [-0.2, -0.15) is 0 Å². The Kier molecular flexibility index (Phi) is 6.46. The molecule has 0 aliphatic carbocycles. The number of benzene rings is 1. The minimum atomic E-state index is -4.15. The first-order valence-corrected chi connectivity index (χ1v) is 12.5. The number of hydrogen-bond donors (Lipinski definition) is 1. The molecule has 38 heavy (non-hydrogen) atoms. The van der Waals surface area contributed by atoms with Crippen molar-refractivity contribution in [3.05, 3.63) is 82.3 Å². The van der Waals surface area contributed by atoms with Crippen molar-refractivity contribution in [2.75, 3.05) is 20.2 Å². The molecule has 0 fully saturated rings. The van der Waals surface area contributed by atoms with E-state index in [9.17, 15) is 14.4 Å². The van der Waals surface area contributed by atoms with Crippen molar-refractivity contribution >= 4 is 30.8 Å². The second kappa shape index (κ2) is 9.62. The molecular formula is C27H28BF2N4O4-. The summed E-state index contributed by atoms with van der Waals surface area (Å²) in [5.41, 5.74) is 3.52. The second-order valence-electron chi connectivity index (χ2n) is 9.60. The number of carbonyl (C=O) groups is 3. The summed E-state index contributed by atoms with van der Waals surface area (Å²) in [6.45, 7) is -0.467. The first-order valence-electron chi connectivity index (χ1n) is 12.5. The van der Waals surface area contributed by atoms with Crippen molar-refractivity contribution in [2.45, 2.75) is 32.7 Å². The number of aromatic nitrogens is 1. The van der Waals surface area contributed by atoms with E-state index >= 15 is 8.63 Å². The van der Waals surface area contributed by atoms with Crippen LogP contribution in [-0.2, 0) is 20.8 Å². The molecule has 3 amide bonds. The van der Waals surface area contributed by atoms with Crippen LogP contribution in [0.15, 0.2) is 54.3 Å². The van der Waals surface area contributed by atoms with E-state index in [-0.39, 0.29) is 25.4 Å². The van der Waals surface area contributed by atoms with Crippen molar-refractivity contribution in [3.8, 4) is 5.75 Å². The highest BCUT2D eigenvalue weighted by Gasteiger charge is 2.46. The van der Waals surface area contributed by atoms with Crippen LogP contribution in [0.3, 0.4) is 0 Å². The van der Waals surface area contributed by atoms with Crippen LogP contribution in [0.4, 0.5) is 8.63 Å². The average Bonchev–Trinajstić information content (AvgIpc) is 3.54. The molecule has 1 unspecified atom stereocenters. The van der Waals surface area contributed by atoms with Gasteiger partial charge in [0.25, 0.3) is 11.8 Å². The Bertz CT molecular complexity index is 1390. The second-order valence-corrected chi connectivity index (χ2v) is 9.60. The minimum Gasteiger partial charge on any atom is -0.497 e. The predicted octanol–water partition coefficient (Wildman–Crippen LogP) is 3.28. The molecule has 1 aromatic carbocycles. The molecule has 2 aromatic rings. The third kappa shape index (κ3) is 4.21. The molecule has 11 heteroatoms. The van der Waals surface area contributed by atoms with Crippen LogP contribution >= 0.6 is 0 Å². The third-order valence-corrected chi connectivity index (χ3v) is 7.49. The number of ether oxygens (including phenoxy) is 1. The molecule has 4 heterocycles. The molecule has 0 radical (unpaired) electrons. The summed E-state index contributed by atoms with van der Waals surface area (Å²) in [6.07, 6.45) is 8.06. The van der Waals surface area contributed by atoms with Gasteiger partial charge in [-0.25, -0.2) is 0 Å². The quantitative estimate of drug-likeness (QED) is 0.426. The van der Waals surface area contributed by atoms with Crippen LogP contribution in [0.1, 0.15) is 40.5 Å². The fourth-order valence-electron chi connectivity index (χ4n) is 5.53. The van der Waals surface area contributed by atoms with Gasteiger partial charge in [0, 0.05) is 49.1 Å². The zero-order chi connectivity index (χ0) is 27.2. The lowest BCUT2D eigenvalue weighted by molar-refractivity contribution is -0.137. The number of allylic oxidation sites excluding steroid dienone is 1. The van der Waals surface area contributed by atoms with Gasteiger partial charge in [-0.1, -0.05) is 18.2 Å². The van der Waals surface area contributed by atoms with Crippen molar-refractivity contribution in [1.29, 1.82) is 0 Å². The molecule has 1 N–H and O–H groups in total. The summed E-state index contributed by atoms with van der Waals surface area (Å²) in [7, 11) is 1.56. The van der Waals surface area contributed by atoms with Gasteiger partial charge < -0.3 is 28.0 Å². The smallest absolute Gasteiger partial charge is 0.497 e. The first-order chi connectivity index (χ1) is 18.1. The van der Waals surface area contributed by atoms with E-state index in [1.54, 1.807) is 56.5 Å². The van der Waals surface area contributed by atoms with Gasteiger partial charge in [0.15, 0.2) is 0 Å². The van der Waals surface area contributed by atoms with Gasteiger partial charge in [0.05, 0.1) is 7.11 Å². The SMILES string of the molecule is COc1ccc(C2C=CC3=Cc4c(C)c(CCC(=O)NCCN5C(=O)C=CC5=O)c(C)n4[B-](F)(F)N32)cc1. The maximum atomic E-state index is 16.2. The minimum absolute atomic E-state index is 0.0794. The number of halogens is 2. The highest BCUT2D eigenvalue weighted by atomic mass is 19.2. The van der Waals surface area contributed by atoms with E-state index in [0.717, 1.165) is 20.5 Å². The molecule has 0 saturated heterocycles. The molecule has 8 nitrogen and oxygen atoms in total. The molecular weight excluding hydrogens is 493 g/mol. The zero-order valence-corrected chi connectivity index (χ0v) is 21.4. The first kappa shape index (κ1) is 25.5. The number of nitrogens with one attached hydrogen (secondary N) is 1.